The van der Waals surface area contributed by atoms with Gasteiger partial charge in [-0.2, -0.15) is 0 Å². The Morgan fingerprint density at radius 3 is 2.77 bits per heavy atom. The maximum atomic E-state index is 13.2. The van der Waals surface area contributed by atoms with E-state index in [0.717, 1.165) is 5.57 Å². The van der Waals surface area contributed by atoms with Crippen LogP contribution in [-0.4, -0.2) is 5.88 Å². The van der Waals surface area contributed by atoms with Crippen LogP contribution in [0, 0.1) is 5.82 Å². The van der Waals surface area contributed by atoms with Crippen molar-refractivity contribution in [2.75, 3.05) is 5.88 Å². The molecule has 1 aromatic carbocycles. The fraction of sp³-hybridized carbons (Fsp3) is 0.200. The summed E-state index contributed by atoms with van der Waals surface area (Å²) in [4.78, 5) is 0. The molecule has 0 saturated heterocycles. The van der Waals surface area contributed by atoms with Gasteiger partial charge < -0.3 is 0 Å². The van der Waals surface area contributed by atoms with Gasteiger partial charge in [-0.25, -0.2) is 4.39 Å². The number of hydrogen-bond donors (Lipinski definition) is 0. The average molecular weight is 219 g/mol. The van der Waals surface area contributed by atoms with Crippen LogP contribution in [0.2, 0.25) is 5.02 Å². The standard InChI is InChI=1S/C10H9Cl2F/c1-7(6-11)4-8-2-3-9(12)5-10(8)13/h2-5H,6H2,1H3/b7-4-. The summed E-state index contributed by atoms with van der Waals surface area (Å²) in [7, 11) is 0. The number of allylic oxidation sites excluding steroid dienone is 1. The topological polar surface area (TPSA) is 0 Å². The van der Waals surface area contributed by atoms with E-state index in [-0.39, 0.29) is 5.82 Å². The second-order valence-corrected chi connectivity index (χ2v) is 3.49. The molecular weight excluding hydrogens is 210 g/mol. The van der Waals surface area contributed by atoms with Crippen LogP contribution in [0.5, 0.6) is 0 Å². The van der Waals surface area contributed by atoms with Gasteiger partial charge in [-0.15, -0.1) is 11.6 Å². The van der Waals surface area contributed by atoms with Gasteiger partial charge in [0.15, 0.2) is 0 Å². The first kappa shape index (κ1) is 10.6. The van der Waals surface area contributed by atoms with E-state index >= 15 is 0 Å². The molecule has 0 spiro atoms. The van der Waals surface area contributed by atoms with Crippen LogP contribution >= 0.6 is 23.2 Å². The van der Waals surface area contributed by atoms with Crippen molar-refractivity contribution in [3.05, 3.63) is 40.2 Å². The molecule has 0 bridgehead atoms. The van der Waals surface area contributed by atoms with E-state index in [1.165, 1.54) is 6.07 Å². The lowest BCUT2D eigenvalue weighted by atomic mass is 10.1. The molecule has 0 N–H and O–H groups in total. The summed E-state index contributed by atoms with van der Waals surface area (Å²) in [6.45, 7) is 1.85. The molecule has 0 amide bonds. The van der Waals surface area contributed by atoms with Crippen molar-refractivity contribution in [3.63, 3.8) is 0 Å². The van der Waals surface area contributed by atoms with E-state index in [4.69, 9.17) is 23.2 Å². The van der Waals surface area contributed by atoms with Crippen LogP contribution in [-0.2, 0) is 0 Å². The Morgan fingerprint density at radius 2 is 2.23 bits per heavy atom. The number of hydrogen-bond acceptors (Lipinski definition) is 0. The second-order valence-electron chi connectivity index (χ2n) is 2.79. The number of alkyl halides is 1. The Bertz CT molecular complexity index is 332. The molecule has 0 aliphatic carbocycles. The molecule has 0 radical (unpaired) electrons. The summed E-state index contributed by atoms with van der Waals surface area (Å²) < 4.78 is 13.2. The molecular formula is C10H9Cl2F. The van der Waals surface area contributed by atoms with Gasteiger partial charge in [-0.05, 0) is 19.1 Å². The molecule has 0 unspecified atom stereocenters. The number of rotatable bonds is 2. The molecule has 0 fully saturated rings. The maximum Gasteiger partial charge on any atom is 0.131 e. The lowest BCUT2D eigenvalue weighted by Gasteiger charge is -1.99. The third kappa shape index (κ3) is 3.02. The molecule has 3 heteroatoms. The third-order valence-electron chi connectivity index (χ3n) is 1.58. The van der Waals surface area contributed by atoms with Crippen LogP contribution in [0.15, 0.2) is 23.8 Å². The van der Waals surface area contributed by atoms with E-state index in [0.29, 0.717) is 16.5 Å². The van der Waals surface area contributed by atoms with E-state index in [1.54, 1.807) is 18.2 Å². The van der Waals surface area contributed by atoms with Crippen molar-refractivity contribution in [1.29, 1.82) is 0 Å². The SMILES string of the molecule is C/C(=C/c1ccc(Cl)cc1F)CCl. The minimum Gasteiger partial charge on any atom is -0.206 e. The smallest absolute Gasteiger partial charge is 0.131 e. The molecule has 0 saturated carbocycles. The largest absolute Gasteiger partial charge is 0.206 e. The van der Waals surface area contributed by atoms with Crippen molar-refractivity contribution >= 4 is 29.3 Å². The van der Waals surface area contributed by atoms with Crippen LogP contribution in [0.3, 0.4) is 0 Å². The van der Waals surface area contributed by atoms with Gasteiger partial charge in [0.1, 0.15) is 5.82 Å². The van der Waals surface area contributed by atoms with Crippen LogP contribution in [0.4, 0.5) is 4.39 Å². The minimum atomic E-state index is -0.322. The molecule has 0 nitrogen and oxygen atoms in total. The average Bonchev–Trinajstić information content (AvgIpc) is 2.09. The van der Waals surface area contributed by atoms with Gasteiger partial charge in [0.25, 0.3) is 0 Å². The monoisotopic (exact) mass is 218 g/mol. The zero-order chi connectivity index (χ0) is 9.84. The van der Waals surface area contributed by atoms with E-state index in [1.807, 2.05) is 6.92 Å². The predicted octanol–water partition coefficient (Wildman–Crippen LogP) is 4.12. The number of halogens is 3. The summed E-state index contributed by atoms with van der Waals surface area (Å²) in [5.74, 6) is 0.0826. The number of benzene rings is 1. The fourth-order valence-electron chi connectivity index (χ4n) is 0.923. The summed E-state index contributed by atoms with van der Waals surface area (Å²) in [6.07, 6.45) is 1.71. The van der Waals surface area contributed by atoms with Crippen molar-refractivity contribution in [3.8, 4) is 0 Å². The molecule has 0 aromatic heterocycles. The Hall–Kier alpha value is -0.530. The summed E-state index contributed by atoms with van der Waals surface area (Å²) in [5.41, 5.74) is 1.44. The highest BCUT2D eigenvalue weighted by Gasteiger charge is 1.99. The Kier molecular flexibility index (Phi) is 3.76. The van der Waals surface area contributed by atoms with E-state index in [2.05, 4.69) is 0 Å². The normalized spacial score (nSPS) is 11.8. The van der Waals surface area contributed by atoms with Gasteiger partial charge in [0.2, 0.25) is 0 Å². The summed E-state index contributed by atoms with van der Waals surface area (Å²) in [6, 6.07) is 4.57. The van der Waals surface area contributed by atoms with Gasteiger partial charge in [0.05, 0.1) is 0 Å². The van der Waals surface area contributed by atoms with Gasteiger partial charge in [-0.1, -0.05) is 29.3 Å². The van der Waals surface area contributed by atoms with Gasteiger partial charge in [-0.3, -0.25) is 0 Å². The predicted molar refractivity (Wildman–Crippen MR) is 55.8 cm³/mol. The van der Waals surface area contributed by atoms with Gasteiger partial charge in [0, 0.05) is 16.5 Å². The molecule has 0 aliphatic heterocycles. The quantitative estimate of drug-likeness (QED) is 0.656. The van der Waals surface area contributed by atoms with Crippen LogP contribution in [0.25, 0.3) is 6.08 Å². The minimum absolute atomic E-state index is 0.322. The first-order chi connectivity index (χ1) is 6.13. The molecule has 13 heavy (non-hydrogen) atoms. The van der Waals surface area contributed by atoms with Crippen molar-refractivity contribution in [1.82, 2.24) is 0 Å². The highest BCUT2D eigenvalue weighted by Crippen LogP contribution is 2.17. The zero-order valence-corrected chi connectivity index (χ0v) is 8.66. The third-order valence-corrected chi connectivity index (χ3v) is 2.23. The van der Waals surface area contributed by atoms with Crippen molar-refractivity contribution in [2.24, 2.45) is 0 Å². The van der Waals surface area contributed by atoms with Crippen molar-refractivity contribution < 1.29 is 4.39 Å². The molecule has 0 aliphatic rings. The second kappa shape index (κ2) is 4.64. The van der Waals surface area contributed by atoms with E-state index in [9.17, 15) is 4.39 Å². The zero-order valence-electron chi connectivity index (χ0n) is 7.15. The van der Waals surface area contributed by atoms with Crippen LogP contribution < -0.4 is 0 Å². The Labute approximate surface area is 87.0 Å². The Balaban J connectivity index is 3.03. The van der Waals surface area contributed by atoms with Crippen LogP contribution in [0.1, 0.15) is 12.5 Å². The first-order valence-electron chi connectivity index (χ1n) is 3.81. The molecule has 1 aromatic rings. The fourth-order valence-corrected chi connectivity index (χ4v) is 1.16. The summed E-state index contributed by atoms with van der Waals surface area (Å²) in [5, 5.41) is 0.401. The van der Waals surface area contributed by atoms with Gasteiger partial charge >= 0.3 is 0 Å². The molecule has 70 valence electrons. The first-order valence-corrected chi connectivity index (χ1v) is 4.73. The lowest BCUT2D eigenvalue weighted by Crippen LogP contribution is -1.84. The summed E-state index contributed by atoms with van der Waals surface area (Å²) >= 11 is 11.2. The lowest BCUT2D eigenvalue weighted by molar-refractivity contribution is 0.625. The molecule has 0 atom stereocenters. The van der Waals surface area contributed by atoms with E-state index < -0.39 is 0 Å². The highest BCUT2D eigenvalue weighted by molar-refractivity contribution is 6.30. The van der Waals surface area contributed by atoms with Crippen molar-refractivity contribution in [2.45, 2.75) is 6.92 Å². The maximum absolute atomic E-state index is 13.2. The molecule has 0 heterocycles. The molecule has 1 rings (SSSR count). The highest BCUT2D eigenvalue weighted by atomic mass is 35.5. The Morgan fingerprint density at radius 1 is 1.54 bits per heavy atom.